The third-order valence-corrected chi connectivity index (χ3v) is 3.95. The zero-order valence-electron chi connectivity index (χ0n) is 14.0. The van der Waals surface area contributed by atoms with Crippen molar-refractivity contribution in [1.82, 2.24) is 0 Å². The lowest BCUT2D eigenvalue weighted by molar-refractivity contribution is -0.135. The number of fused-ring (bicyclic) bond motifs is 1. The Morgan fingerprint density at radius 2 is 2.04 bits per heavy atom. The molecule has 3 rings (SSSR count). The number of ether oxygens (including phenoxy) is 5. The number of methoxy groups -OCH3 is 2. The Bertz CT molecular complexity index is 685. The van der Waals surface area contributed by atoms with E-state index in [2.05, 4.69) is 5.16 Å². The molecule has 0 fully saturated rings. The molecule has 2 aliphatic heterocycles. The summed E-state index contributed by atoms with van der Waals surface area (Å²) in [7, 11) is 3.04. The van der Waals surface area contributed by atoms with Gasteiger partial charge in [0.15, 0.2) is 23.3 Å². The van der Waals surface area contributed by atoms with Gasteiger partial charge in [0.25, 0.3) is 0 Å². The molecule has 0 N–H and O–H groups in total. The van der Waals surface area contributed by atoms with Crippen LogP contribution in [0.2, 0.25) is 0 Å². The van der Waals surface area contributed by atoms with Crippen molar-refractivity contribution < 1.29 is 33.3 Å². The standard InChI is InChI=1S/C16H19NO7/c1-5-21-16(18)11-8(2)12(24-17-11)9-6-10-14(23-7-22-10)15(20-4)13(9)19-3/h6,8,12H,5,7H2,1-4H3/t8-,12-/m0/s1. The molecule has 2 atom stereocenters. The van der Waals surface area contributed by atoms with Gasteiger partial charge in [0.1, 0.15) is 0 Å². The van der Waals surface area contributed by atoms with E-state index < -0.39 is 12.1 Å². The van der Waals surface area contributed by atoms with Crippen LogP contribution in [0.5, 0.6) is 23.0 Å². The van der Waals surface area contributed by atoms with Crippen LogP contribution in [-0.4, -0.2) is 39.3 Å². The fourth-order valence-electron chi connectivity index (χ4n) is 2.81. The molecule has 1 aromatic rings. The monoisotopic (exact) mass is 337 g/mol. The van der Waals surface area contributed by atoms with E-state index in [9.17, 15) is 4.79 Å². The van der Waals surface area contributed by atoms with Gasteiger partial charge in [-0.25, -0.2) is 4.79 Å². The predicted molar refractivity (Wildman–Crippen MR) is 82.7 cm³/mol. The fourth-order valence-corrected chi connectivity index (χ4v) is 2.81. The van der Waals surface area contributed by atoms with Crippen molar-refractivity contribution in [3.8, 4) is 23.0 Å². The lowest BCUT2D eigenvalue weighted by atomic mass is 9.92. The molecule has 8 nitrogen and oxygen atoms in total. The molecule has 2 aliphatic rings. The first-order chi connectivity index (χ1) is 11.6. The second kappa shape index (κ2) is 6.46. The Morgan fingerprint density at radius 1 is 1.29 bits per heavy atom. The molecule has 0 aromatic heterocycles. The second-order valence-electron chi connectivity index (χ2n) is 5.28. The zero-order valence-corrected chi connectivity index (χ0v) is 14.0. The number of rotatable bonds is 5. The van der Waals surface area contributed by atoms with Crippen molar-refractivity contribution in [2.45, 2.75) is 20.0 Å². The third kappa shape index (κ3) is 2.47. The molecule has 8 heteroatoms. The summed E-state index contributed by atoms with van der Waals surface area (Å²) in [5.41, 5.74) is 0.898. The van der Waals surface area contributed by atoms with E-state index in [1.807, 2.05) is 6.92 Å². The Balaban J connectivity index is 1.98. The van der Waals surface area contributed by atoms with E-state index in [1.54, 1.807) is 13.0 Å². The highest BCUT2D eigenvalue weighted by Gasteiger charge is 2.40. The first-order valence-corrected chi connectivity index (χ1v) is 7.57. The average molecular weight is 337 g/mol. The molecule has 130 valence electrons. The van der Waals surface area contributed by atoms with Crippen LogP contribution in [0.4, 0.5) is 0 Å². The van der Waals surface area contributed by atoms with Gasteiger partial charge in [0, 0.05) is 5.56 Å². The van der Waals surface area contributed by atoms with Gasteiger partial charge in [-0.05, 0) is 13.0 Å². The Hall–Kier alpha value is -2.64. The smallest absolute Gasteiger partial charge is 0.356 e. The van der Waals surface area contributed by atoms with Gasteiger partial charge in [0.2, 0.25) is 18.3 Å². The molecule has 0 aliphatic carbocycles. The van der Waals surface area contributed by atoms with Gasteiger partial charge >= 0.3 is 5.97 Å². The first-order valence-electron chi connectivity index (χ1n) is 7.57. The maximum atomic E-state index is 12.0. The van der Waals surface area contributed by atoms with Crippen LogP contribution in [0.1, 0.15) is 25.5 Å². The summed E-state index contributed by atoms with van der Waals surface area (Å²) < 4.78 is 26.8. The number of oxime groups is 1. The van der Waals surface area contributed by atoms with Gasteiger partial charge in [-0.3, -0.25) is 0 Å². The summed E-state index contributed by atoms with van der Waals surface area (Å²) >= 11 is 0. The van der Waals surface area contributed by atoms with Crippen LogP contribution < -0.4 is 18.9 Å². The van der Waals surface area contributed by atoms with E-state index in [1.165, 1.54) is 14.2 Å². The van der Waals surface area contributed by atoms with E-state index in [0.717, 1.165) is 0 Å². The van der Waals surface area contributed by atoms with E-state index in [4.69, 9.17) is 28.5 Å². The number of nitrogens with zero attached hydrogens (tertiary/aromatic N) is 1. The molecule has 0 saturated heterocycles. The normalized spacial score (nSPS) is 21.1. The van der Waals surface area contributed by atoms with Gasteiger partial charge < -0.3 is 28.5 Å². The van der Waals surface area contributed by atoms with E-state index in [0.29, 0.717) is 28.6 Å². The molecule has 0 amide bonds. The molecule has 0 unspecified atom stereocenters. The van der Waals surface area contributed by atoms with Crippen molar-refractivity contribution in [1.29, 1.82) is 0 Å². The van der Waals surface area contributed by atoms with E-state index in [-0.39, 0.29) is 25.0 Å². The third-order valence-electron chi connectivity index (χ3n) is 3.95. The van der Waals surface area contributed by atoms with Crippen LogP contribution in [0.15, 0.2) is 11.2 Å². The van der Waals surface area contributed by atoms with Crippen molar-refractivity contribution in [2.75, 3.05) is 27.6 Å². The minimum Gasteiger partial charge on any atom is -0.492 e. The number of hydrogen-bond acceptors (Lipinski definition) is 8. The Labute approximate surface area is 139 Å². The molecule has 24 heavy (non-hydrogen) atoms. The number of carbonyl (C=O) groups is 1. The van der Waals surface area contributed by atoms with Crippen molar-refractivity contribution >= 4 is 11.7 Å². The summed E-state index contributed by atoms with van der Waals surface area (Å²) in [6.07, 6.45) is -0.525. The molecular formula is C16H19NO7. The molecule has 0 saturated carbocycles. The van der Waals surface area contributed by atoms with Crippen LogP contribution in [0.25, 0.3) is 0 Å². The Morgan fingerprint density at radius 3 is 2.71 bits per heavy atom. The lowest BCUT2D eigenvalue weighted by Gasteiger charge is -2.20. The minimum atomic E-state index is -0.525. The van der Waals surface area contributed by atoms with Crippen molar-refractivity contribution in [3.63, 3.8) is 0 Å². The highest BCUT2D eigenvalue weighted by molar-refractivity contribution is 6.37. The summed E-state index contributed by atoms with van der Waals surface area (Å²) in [5, 5.41) is 3.89. The maximum Gasteiger partial charge on any atom is 0.356 e. The first kappa shape index (κ1) is 16.2. The number of hydrogen-bond donors (Lipinski definition) is 0. The second-order valence-corrected chi connectivity index (χ2v) is 5.28. The van der Waals surface area contributed by atoms with Crippen LogP contribution >= 0.6 is 0 Å². The highest BCUT2D eigenvalue weighted by atomic mass is 16.7. The number of benzene rings is 1. The van der Waals surface area contributed by atoms with Gasteiger partial charge in [-0.2, -0.15) is 0 Å². The summed E-state index contributed by atoms with van der Waals surface area (Å²) in [4.78, 5) is 17.5. The van der Waals surface area contributed by atoms with Crippen molar-refractivity contribution in [2.24, 2.45) is 11.1 Å². The number of esters is 1. The minimum absolute atomic E-state index is 0.101. The molecule has 0 bridgehead atoms. The summed E-state index contributed by atoms with van der Waals surface area (Å²) in [6, 6.07) is 1.76. The van der Waals surface area contributed by atoms with Crippen LogP contribution in [0, 0.1) is 5.92 Å². The topological polar surface area (TPSA) is 84.8 Å². The number of carbonyl (C=O) groups excluding carboxylic acids is 1. The quantitative estimate of drug-likeness (QED) is 0.760. The van der Waals surface area contributed by atoms with Gasteiger partial charge in [-0.1, -0.05) is 12.1 Å². The maximum absolute atomic E-state index is 12.0. The van der Waals surface area contributed by atoms with Crippen LogP contribution in [0.3, 0.4) is 0 Å². The molecular weight excluding hydrogens is 318 g/mol. The van der Waals surface area contributed by atoms with Crippen LogP contribution in [-0.2, 0) is 14.4 Å². The zero-order chi connectivity index (χ0) is 17.3. The molecule has 0 spiro atoms. The Kier molecular flexibility index (Phi) is 4.37. The van der Waals surface area contributed by atoms with E-state index >= 15 is 0 Å². The average Bonchev–Trinajstić information content (AvgIpc) is 3.19. The largest absolute Gasteiger partial charge is 0.492 e. The molecule has 1 aromatic carbocycles. The fraction of sp³-hybridized carbons (Fsp3) is 0.500. The van der Waals surface area contributed by atoms with Gasteiger partial charge in [0.05, 0.1) is 26.7 Å². The molecule has 0 radical (unpaired) electrons. The summed E-state index contributed by atoms with van der Waals surface area (Å²) in [5.74, 6) is 1.09. The predicted octanol–water partition coefficient (Wildman–Crippen LogP) is 2.06. The SMILES string of the molecule is CCOC(=O)C1=NO[C@H](c2cc3c(c(OC)c2OC)OCO3)[C@H]1C. The lowest BCUT2D eigenvalue weighted by Crippen LogP contribution is -2.24. The highest BCUT2D eigenvalue weighted by Crippen LogP contribution is 2.52. The molecule has 2 heterocycles. The summed E-state index contributed by atoms with van der Waals surface area (Å²) in [6.45, 7) is 3.95. The van der Waals surface area contributed by atoms with Gasteiger partial charge in [-0.15, -0.1) is 0 Å². The van der Waals surface area contributed by atoms with Crippen molar-refractivity contribution in [3.05, 3.63) is 11.6 Å².